The van der Waals surface area contributed by atoms with Crippen molar-refractivity contribution in [1.82, 2.24) is 4.40 Å². The van der Waals surface area contributed by atoms with E-state index in [1.165, 1.54) is 76.0 Å². The fraction of sp³-hybridized carbons (Fsp3) is 0.300. The fourth-order valence-electron chi connectivity index (χ4n) is 6.60. The van der Waals surface area contributed by atoms with Crippen LogP contribution in [0.3, 0.4) is 0 Å². The first-order chi connectivity index (χ1) is 16.0. The van der Waals surface area contributed by atoms with E-state index in [4.69, 9.17) is 0 Å². The molecule has 1 saturated carbocycles. The first kappa shape index (κ1) is 19.3. The van der Waals surface area contributed by atoms with Gasteiger partial charge in [0.05, 0.1) is 27.3 Å². The normalized spacial score (nSPS) is 15.8. The van der Waals surface area contributed by atoms with Crippen LogP contribution in [0.4, 0.5) is 4.39 Å². The van der Waals surface area contributed by atoms with Crippen molar-refractivity contribution < 1.29 is 8.96 Å². The van der Waals surface area contributed by atoms with Crippen molar-refractivity contribution >= 4 is 49.0 Å². The van der Waals surface area contributed by atoms with E-state index in [2.05, 4.69) is 66.4 Å². The zero-order valence-corrected chi connectivity index (χ0v) is 19.5. The standard InChI is InChI=1S/C30H28FN2/c1-17-14-22-28-23(31)10-7-11-24(28)33-25-16-21(19-8-5-4-6-9-19)15-20-12-13-32(3)30(27(20)25)26(18(17)2)29(22)33/h7,10-16,19H,4-6,8-9H2,1-3H3/q+1. The van der Waals surface area contributed by atoms with Gasteiger partial charge in [-0.2, -0.15) is 0 Å². The highest BCUT2D eigenvalue weighted by Gasteiger charge is 2.27. The largest absolute Gasteiger partial charge is 0.307 e. The van der Waals surface area contributed by atoms with Crippen LogP contribution in [0, 0.1) is 19.7 Å². The molecular weight excluding hydrogens is 407 g/mol. The number of benzene rings is 3. The molecule has 0 saturated heterocycles. The maximum atomic E-state index is 15.3. The lowest BCUT2D eigenvalue weighted by Gasteiger charge is -2.23. The third-order valence-corrected chi connectivity index (χ3v) is 8.34. The van der Waals surface area contributed by atoms with Crippen molar-refractivity contribution in [1.29, 1.82) is 0 Å². The van der Waals surface area contributed by atoms with E-state index >= 15 is 4.39 Å². The van der Waals surface area contributed by atoms with Crippen LogP contribution in [0.2, 0.25) is 0 Å². The quantitative estimate of drug-likeness (QED) is 0.143. The summed E-state index contributed by atoms with van der Waals surface area (Å²) in [5.74, 6) is 0.479. The fourth-order valence-corrected chi connectivity index (χ4v) is 6.60. The third-order valence-electron chi connectivity index (χ3n) is 8.34. The second kappa shape index (κ2) is 6.66. The smallest absolute Gasteiger partial charge is 0.224 e. The molecule has 0 spiro atoms. The van der Waals surface area contributed by atoms with Crippen LogP contribution in [0.5, 0.6) is 0 Å². The summed E-state index contributed by atoms with van der Waals surface area (Å²) < 4.78 is 19.9. The van der Waals surface area contributed by atoms with Crippen molar-refractivity contribution in [2.75, 3.05) is 0 Å². The zero-order chi connectivity index (χ0) is 22.4. The zero-order valence-electron chi connectivity index (χ0n) is 19.5. The molecule has 1 aliphatic carbocycles. The Morgan fingerprint density at radius 2 is 1.73 bits per heavy atom. The van der Waals surface area contributed by atoms with Crippen molar-refractivity contribution in [2.24, 2.45) is 7.05 Å². The molecule has 0 atom stereocenters. The van der Waals surface area contributed by atoms with Gasteiger partial charge in [0, 0.05) is 16.8 Å². The average Bonchev–Trinajstić information content (AvgIpc) is 3.16. The van der Waals surface area contributed by atoms with Gasteiger partial charge in [-0.1, -0.05) is 31.4 Å². The van der Waals surface area contributed by atoms with Gasteiger partial charge in [0.15, 0.2) is 6.20 Å². The highest BCUT2D eigenvalue weighted by molar-refractivity contribution is 6.26. The topological polar surface area (TPSA) is 8.29 Å². The second-order valence-electron chi connectivity index (χ2n) is 10.2. The Hall–Kier alpha value is -3.20. The third kappa shape index (κ3) is 2.45. The van der Waals surface area contributed by atoms with Gasteiger partial charge in [0.1, 0.15) is 12.9 Å². The number of halogens is 1. The Morgan fingerprint density at radius 1 is 0.909 bits per heavy atom. The van der Waals surface area contributed by atoms with Crippen molar-refractivity contribution in [3.8, 4) is 0 Å². The number of hydrogen-bond donors (Lipinski definition) is 0. The molecule has 1 fully saturated rings. The van der Waals surface area contributed by atoms with Crippen LogP contribution in [0.1, 0.15) is 54.7 Å². The van der Waals surface area contributed by atoms with Crippen LogP contribution < -0.4 is 4.57 Å². The molecule has 2 nitrogen and oxygen atoms in total. The maximum absolute atomic E-state index is 15.3. The molecule has 3 heterocycles. The van der Waals surface area contributed by atoms with E-state index in [0.717, 1.165) is 21.8 Å². The molecule has 0 N–H and O–H groups in total. The van der Waals surface area contributed by atoms with Crippen LogP contribution in [0.25, 0.3) is 49.0 Å². The summed E-state index contributed by atoms with van der Waals surface area (Å²) in [4.78, 5) is 0. The summed E-state index contributed by atoms with van der Waals surface area (Å²) in [6.07, 6.45) is 8.71. The molecule has 7 rings (SSSR count). The van der Waals surface area contributed by atoms with Crippen molar-refractivity contribution in [2.45, 2.75) is 51.9 Å². The maximum Gasteiger partial charge on any atom is 0.224 e. The van der Waals surface area contributed by atoms with E-state index in [1.54, 1.807) is 6.07 Å². The number of fused-ring (bicyclic) bond motifs is 5. The lowest BCUT2D eigenvalue weighted by Crippen LogP contribution is -2.29. The van der Waals surface area contributed by atoms with Gasteiger partial charge in [-0.05, 0) is 78.9 Å². The van der Waals surface area contributed by atoms with Gasteiger partial charge in [0.2, 0.25) is 5.52 Å². The van der Waals surface area contributed by atoms with Gasteiger partial charge in [-0.3, -0.25) is 0 Å². The summed E-state index contributed by atoms with van der Waals surface area (Å²) in [5.41, 5.74) is 8.50. The number of aromatic nitrogens is 2. The number of pyridine rings is 2. The summed E-state index contributed by atoms with van der Waals surface area (Å²) in [7, 11) is 2.14. The van der Waals surface area contributed by atoms with Gasteiger partial charge in [-0.15, -0.1) is 0 Å². The number of hydrogen-bond acceptors (Lipinski definition) is 0. The Kier molecular flexibility index (Phi) is 3.89. The Bertz CT molecular complexity index is 1730. The molecule has 0 aliphatic heterocycles. The number of aryl methyl sites for hydroxylation is 3. The van der Waals surface area contributed by atoms with Gasteiger partial charge in [0.25, 0.3) is 0 Å². The first-order valence-electron chi connectivity index (χ1n) is 12.2. The first-order valence-corrected chi connectivity index (χ1v) is 12.2. The second-order valence-corrected chi connectivity index (χ2v) is 10.2. The molecule has 3 aromatic heterocycles. The monoisotopic (exact) mass is 435 g/mol. The highest BCUT2D eigenvalue weighted by Crippen LogP contribution is 2.44. The predicted molar refractivity (Wildman–Crippen MR) is 135 cm³/mol. The lowest BCUT2D eigenvalue weighted by atomic mass is 9.83. The molecule has 0 unspecified atom stereocenters. The molecule has 1 aliphatic rings. The Morgan fingerprint density at radius 3 is 2.55 bits per heavy atom. The van der Waals surface area contributed by atoms with E-state index in [-0.39, 0.29) is 5.82 Å². The average molecular weight is 436 g/mol. The highest BCUT2D eigenvalue weighted by atomic mass is 19.1. The molecule has 3 aromatic carbocycles. The Labute approximate surface area is 192 Å². The van der Waals surface area contributed by atoms with Crippen LogP contribution in [0.15, 0.2) is 48.7 Å². The van der Waals surface area contributed by atoms with E-state index in [9.17, 15) is 0 Å². The number of rotatable bonds is 1. The van der Waals surface area contributed by atoms with E-state index in [1.807, 2.05) is 6.07 Å². The van der Waals surface area contributed by atoms with E-state index < -0.39 is 0 Å². The molecule has 0 amide bonds. The van der Waals surface area contributed by atoms with E-state index in [0.29, 0.717) is 5.92 Å². The molecule has 0 radical (unpaired) electrons. The SMILES string of the molecule is Cc1cc2c3c(F)cccc3n3c4cc(C5CCCCC5)cc5cc[n+](C)c(c(c1C)c23)c54. The number of nitrogens with zero attached hydrogens (tertiary/aromatic N) is 2. The van der Waals surface area contributed by atoms with Gasteiger partial charge in [-0.25, -0.2) is 8.96 Å². The lowest BCUT2D eigenvalue weighted by molar-refractivity contribution is -0.643. The van der Waals surface area contributed by atoms with Gasteiger partial charge < -0.3 is 4.40 Å². The molecule has 33 heavy (non-hydrogen) atoms. The molecule has 0 bridgehead atoms. The molecule has 3 heteroatoms. The minimum absolute atomic E-state index is 0.138. The van der Waals surface area contributed by atoms with Crippen molar-refractivity contribution in [3.05, 3.63) is 71.2 Å². The van der Waals surface area contributed by atoms with Crippen LogP contribution in [-0.4, -0.2) is 4.40 Å². The molecule has 6 aromatic rings. The van der Waals surface area contributed by atoms with Crippen LogP contribution in [-0.2, 0) is 7.05 Å². The van der Waals surface area contributed by atoms with Crippen LogP contribution >= 0.6 is 0 Å². The summed E-state index contributed by atoms with van der Waals surface area (Å²) >= 11 is 0. The molecule has 164 valence electrons. The minimum Gasteiger partial charge on any atom is -0.307 e. The summed E-state index contributed by atoms with van der Waals surface area (Å²) in [6.45, 7) is 4.36. The van der Waals surface area contributed by atoms with Gasteiger partial charge >= 0.3 is 0 Å². The summed E-state index contributed by atoms with van der Waals surface area (Å²) in [6, 6.07) is 14.8. The minimum atomic E-state index is -0.138. The predicted octanol–water partition coefficient (Wildman–Crippen LogP) is 7.62. The Balaban J connectivity index is 1.81. The molecular formula is C30H28FN2+. The summed E-state index contributed by atoms with van der Waals surface area (Å²) in [5, 5.41) is 5.57. The van der Waals surface area contributed by atoms with Crippen molar-refractivity contribution in [3.63, 3.8) is 0 Å².